The Morgan fingerprint density at radius 3 is 2.90 bits per heavy atom. The van der Waals surface area contributed by atoms with Crippen LogP contribution in [-0.2, 0) is 11.3 Å². The van der Waals surface area contributed by atoms with Crippen molar-refractivity contribution in [2.75, 3.05) is 6.61 Å². The average molecular weight is 287 g/mol. The first-order valence-electron chi connectivity index (χ1n) is 6.31. The van der Waals surface area contributed by atoms with Gasteiger partial charge in [-0.1, -0.05) is 41.6 Å². The molecular weight excluding hydrogens is 270 g/mol. The van der Waals surface area contributed by atoms with E-state index in [1.807, 2.05) is 54.8 Å². The maximum atomic E-state index is 5.77. The van der Waals surface area contributed by atoms with Crippen LogP contribution in [0.5, 0.6) is 0 Å². The summed E-state index contributed by atoms with van der Waals surface area (Å²) in [6.07, 6.45) is 4.40. The molecule has 2 aromatic rings. The van der Waals surface area contributed by atoms with Crippen molar-refractivity contribution in [3.05, 3.63) is 58.1 Å². The quantitative estimate of drug-likeness (QED) is 0.384. The number of oxime groups is 1. The maximum Gasteiger partial charge on any atom is 0.145 e. The smallest absolute Gasteiger partial charge is 0.145 e. The van der Waals surface area contributed by atoms with Gasteiger partial charge in [-0.05, 0) is 18.6 Å². The van der Waals surface area contributed by atoms with Gasteiger partial charge in [-0.3, -0.25) is 0 Å². The van der Waals surface area contributed by atoms with Gasteiger partial charge in [0.25, 0.3) is 0 Å². The molecule has 20 heavy (non-hydrogen) atoms. The van der Waals surface area contributed by atoms with Crippen LogP contribution in [0.1, 0.15) is 16.3 Å². The SMILES string of the molecule is Cc1nc(CC(N)=NOCC=Cc2ccccc2)cs1. The monoisotopic (exact) mass is 287 g/mol. The van der Waals surface area contributed by atoms with Crippen LogP contribution in [0.2, 0.25) is 0 Å². The van der Waals surface area contributed by atoms with E-state index in [0.717, 1.165) is 16.3 Å². The Kier molecular flexibility index (Phi) is 5.32. The third-order valence-corrected chi connectivity index (χ3v) is 3.31. The van der Waals surface area contributed by atoms with Crippen molar-refractivity contribution >= 4 is 23.2 Å². The molecule has 0 bridgehead atoms. The van der Waals surface area contributed by atoms with E-state index >= 15 is 0 Å². The summed E-state index contributed by atoms with van der Waals surface area (Å²) >= 11 is 1.60. The molecule has 0 saturated carbocycles. The highest BCUT2D eigenvalue weighted by atomic mass is 32.1. The van der Waals surface area contributed by atoms with E-state index in [4.69, 9.17) is 10.6 Å². The Labute approximate surface area is 122 Å². The van der Waals surface area contributed by atoms with E-state index in [-0.39, 0.29) is 0 Å². The number of hydrogen-bond acceptors (Lipinski definition) is 4. The zero-order valence-corrected chi connectivity index (χ0v) is 12.1. The molecule has 0 unspecified atom stereocenters. The van der Waals surface area contributed by atoms with Crippen LogP contribution in [0.4, 0.5) is 0 Å². The Bertz CT molecular complexity index is 590. The zero-order chi connectivity index (χ0) is 14.2. The van der Waals surface area contributed by atoms with Gasteiger partial charge >= 0.3 is 0 Å². The van der Waals surface area contributed by atoms with E-state index in [1.165, 1.54) is 0 Å². The van der Waals surface area contributed by atoms with Gasteiger partial charge in [-0.25, -0.2) is 4.98 Å². The topological polar surface area (TPSA) is 60.5 Å². The molecule has 104 valence electrons. The van der Waals surface area contributed by atoms with Gasteiger partial charge in [-0.2, -0.15) is 0 Å². The summed E-state index contributed by atoms with van der Waals surface area (Å²) in [4.78, 5) is 9.47. The lowest BCUT2D eigenvalue weighted by atomic mass is 10.2. The molecule has 0 saturated heterocycles. The summed E-state index contributed by atoms with van der Waals surface area (Å²) < 4.78 is 0. The molecule has 2 N–H and O–H groups in total. The number of aromatic nitrogens is 1. The number of thiazole rings is 1. The fraction of sp³-hybridized carbons (Fsp3) is 0.200. The lowest BCUT2D eigenvalue weighted by Gasteiger charge is -1.98. The van der Waals surface area contributed by atoms with E-state index in [2.05, 4.69) is 10.1 Å². The molecule has 0 aliphatic heterocycles. The van der Waals surface area contributed by atoms with E-state index in [1.54, 1.807) is 11.3 Å². The van der Waals surface area contributed by atoms with E-state index in [0.29, 0.717) is 18.9 Å². The highest BCUT2D eigenvalue weighted by Crippen LogP contribution is 2.08. The molecule has 0 aliphatic rings. The molecule has 0 atom stereocenters. The summed E-state index contributed by atoms with van der Waals surface area (Å²) in [7, 11) is 0. The Balaban J connectivity index is 1.74. The number of rotatable bonds is 6. The Hall–Kier alpha value is -2.14. The lowest BCUT2D eigenvalue weighted by Crippen LogP contribution is -2.15. The van der Waals surface area contributed by atoms with Gasteiger partial charge in [0.05, 0.1) is 17.1 Å². The summed E-state index contributed by atoms with van der Waals surface area (Å²) in [5, 5.41) is 6.87. The highest BCUT2D eigenvalue weighted by Gasteiger charge is 2.01. The Morgan fingerprint density at radius 2 is 2.20 bits per heavy atom. The number of nitrogens with two attached hydrogens (primary N) is 1. The molecule has 0 aliphatic carbocycles. The fourth-order valence-electron chi connectivity index (χ4n) is 1.62. The second-order valence-electron chi connectivity index (χ2n) is 4.23. The number of benzene rings is 1. The van der Waals surface area contributed by atoms with Crippen molar-refractivity contribution < 1.29 is 4.84 Å². The molecule has 1 aromatic heterocycles. The summed E-state index contributed by atoms with van der Waals surface area (Å²) in [5.41, 5.74) is 7.83. The molecule has 0 fully saturated rings. The Morgan fingerprint density at radius 1 is 1.40 bits per heavy atom. The van der Waals surface area contributed by atoms with Crippen LogP contribution in [0.15, 0.2) is 46.9 Å². The van der Waals surface area contributed by atoms with E-state index in [9.17, 15) is 0 Å². The van der Waals surface area contributed by atoms with Crippen LogP contribution in [0.3, 0.4) is 0 Å². The zero-order valence-electron chi connectivity index (χ0n) is 11.3. The molecule has 0 amide bonds. The number of aryl methyl sites for hydroxylation is 1. The summed E-state index contributed by atoms with van der Waals surface area (Å²) in [6, 6.07) is 10.0. The highest BCUT2D eigenvalue weighted by molar-refractivity contribution is 7.09. The number of hydrogen-bond donors (Lipinski definition) is 1. The van der Waals surface area contributed by atoms with Gasteiger partial charge in [0.1, 0.15) is 12.4 Å². The van der Waals surface area contributed by atoms with Gasteiger partial charge < -0.3 is 10.6 Å². The van der Waals surface area contributed by atoms with Gasteiger partial charge in [0.2, 0.25) is 0 Å². The predicted octanol–water partition coefficient (Wildman–Crippen LogP) is 3.00. The van der Waals surface area contributed by atoms with Crippen molar-refractivity contribution in [2.45, 2.75) is 13.3 Å². The third kappa shape index (κ3) is 4.85. The first kappa shape index (κ1) is 14.3. The molecule has 0 radical (unpaired) electrons. The van der Waals surface area contributed by atoms with Crippen LogP contribution in [-0.4, -0.2) is 17.4 Å². The maximum absolute atomic E-state index is 5.77. The first-order chi connectivity index (χ1) is 9.74. The molecule has 1 heterocycles. The number of amidine groups is 1. The molecule has 2 rings (SSSR count). The fourth-order valence-corrected chi connectivity index (χ4v) is 2.23. The second-order valence-corrected chi connectivity index (χ2v) is 5.29. The van der Waals surface area contributed by atoms with Crippen LogP contribution >= 0.6 is 11.3 Å². The van der Waals surface area contributed by atoms with Gasteiger partial charge in [0.15, 0.2) is 0 Å². The minimum absolute atomic E-state index is 0.395. The normalized spacial score (nSPS) is 11.9. The third-order valence-electron chi connectivity index (χ3n) is 2.49. The lowest BCUT2D eigenvalue weighted by molar-refractivity contribution is 0.174. The van der Waals surface area contributed by atoms with E-state index < -0.39 is 0 Å². The first-order valence-corrected chi connectivity index (χ1v) is 7.19. The molecule has 1 aromatic carbocycles. The summed E-state index contributed by atoms with van der Waals surface area (Å²) in [6.45, 7) is 2.36. The average Bonchev–Trinajstić information content (AvgIpc) is 2.85. The second kappa shape index (κ2) is 7.45. The molecule has 4 nitrogen and oxygen atoms in total. The van der Waals surface area contributed by atoms with Crippen LogP contribution in [0, 0.1) is 6.92 Å². The minimum Gasteiger partial charge on any atom is -0.390 e. The van der Waals surface area contributed by atoms with Crippen molar-refractivity contribution in [3.8, 4) is 0 Å². The molecule has 5 heteroatoms. The van der Waals surface area contributed by atoms with Crippen LogP contribution < -0.4 is 5.73 Å². The van der Waals surface area contributed by atoms with Gasteiger partial charge in [0, 0.05) is 5.38 Å². The standard InChI is InChI=1S/C15H17N3OS/c1-12-17-14(11-20-12)10-15(16)18-19-9-5-8-13-6-3-2-4-7-13/h2-8,11H,9-10H2,1H3,(H2,16,18). The van der Waals surface area contributed by atoms with Crippen molar-refractivity contribution in [2.24, 2.45) is 10.9 Å². The number of nitrogens with zero attached hydrogens (tertiary/aromatic N) is 2. The molecular formula is C15H17N3OS. The van der Waals surface area contributed by atoms with Crippen molar-refractivity contribution in [1.29, 1.82) is 0 Å². The van der Waals surface area contributed by atoms with Gasteiger partial charge in [-0.15, -0.1) is 11.3 Å². The minimum atomic E-state index is 0.395. The van der Waals surface area contributed by atoms with Crippen LogP contribution in [0.25, 0.3) is 6.08 Å². The van der Waals surface area contributed by atoms with Crippen molar-refractivity contribution in [1.82, 2.24) is 4.98 Å². The summed E-state index contributed by atoms with van der Waals surface area (Å²) in [5.74, 6) is 0.434. The molecule has 0 spiro atoms. The largest absolute Gasteiger partial charge is 0.390 e. The predicted molar refractivity (Wildman–Crippen MR) is 83.6 cm³/mol. The van der Waals surface area contributed by atoms with Crippen molar-refractivity contribution in [3.63, 3.8) is 0 Å².